The van der Waals surface area contributed by atoms with Crippen molar-refractivity contribution in [2.24, 2.45) is 0 Å². The van der Waals surface area contributed by atoms with Crippen LogP contribution in [0.25, 0.3) is 10.9 Å². The largest absolute Gasteiger partial charge is 0.234 e. The Morgan fingerprint density at radius 2 is 2.36 bits per heavy atom. The molecular weight excluding hydrogens is 399 g/mol. The maximum absolute atomic E-state index is 6.06. The molecule has 2 aromatic heterocycles. The van der Waals surface area contributed by atoms with Crippen LogP contribution in [0.2, 0.25) is 5.15 Å². The molecule has 3 nitrogen and oxygen atoms in total. The number of nitrogens with zero attached hydrogens (tertiary/aromatic N) is 3. The molecule has 0 saturated carbocycles. The number of rotatable bonds is 1. The monoisotopic (exact) mass is 403 g/mol. The lowest BCUT2D eigenvalue weighted by molar-refractivity contribution is 1.00. The molecule has 1 atom stereocenters. The van der Waals surface area contributed by atoms with Gasteiger partial charge in [-0.3, -0.25) is 0 Å². The van der Waals surface area contributed by atoms with Gasteiger partial charge in [-0.15, -0.1) is 0 Å². The van der Waals surface area contributed by atoms with Crippen LogP contribution in [0.5, 0.6) is 0 Å². The molecule has 0 aliphatic rings. The highest BCUT2D eigenvalue weighted by molar-refractivity contribution is 14.2. The van der Waals surface area contributed by atoms with Crippen LogP contribution in [-0.4, -0.2) is 14.5 Å². The van der Waals surface area contributed by atoms with Crippen molar-refractivity contribution in [1.29, 1.82) is 0 Å². The molecule has 0 fully saturated rings. The van der Waals surface area contributed by atoms with Crippen molar-refractivity contribution in [3.8, 4) is 0 Å². The molecule has 0 amide bonds. The quantitative estimate of drug-likeness (QED) is 0.410. The Kier molecular flexibility index (Phi) is 3.31. The third-order valence-corrected chi connectivity index (χ3v) is 4.37. The van der Waals surface area contributed by atoms with Gasteiger partial charge in [-0.2, -0.15) is 5.10 Å². The Morgan fingerprint density at radius 3 is 3.00 bits per heavy atom. The Morgan fingerprint density at radius 1 is 1.64 bits per heavy atom. The topological polar surface area (TPSA) is 30.7 Å². The molecule has 0 aliphatic heterocycles. The molecule has 14 heavy (non-hydrogen) atoms. The van der Waals surface area contributed by atoms with E-state index in [4.69, 9.17) is 11.6 Å². The van der Waals surface area contributed by atoms with Crippen LogP contribution in [0.1, 0.15) is 5.69 Å². The van der Waals surface area contributed by atoms with Gasteiger partial charge < -0.3 is 0 Å². The van der Waals surface area contributed by atoms with E-state index in [-0.39, 0.29) is 0 Å². The van der Waals surface area contributed by atoms with Gasteiger partial charge >= 0.3 is 0 Å². The molecule has 74 valence electrons. The number of fused-ring (bicyclic) bond motifs is 1. The van der Waals surface area contributed by atoms with Crippen LogP contribution in [0.15, 0.2) is 10.7 Å². The average molecular weight is 404 g/mol. The number of hydrogen-bond donors (Lipinski definition) is 0. The van der Waals surface area contributed by atoms with E-state index in [1.165, 1.54) is 0 Å². The summed E-state index contributed by atoms with van der Waals surface area (Å²) in [5.41, 5.74) is 1.90. The van der Waals surface area contributed by atoms with E-state index in [2.05, 4.69) is 48.1 Å². The maximum Gasteiger partial charge on any atom is 0.156 e. The summed E-state index contributed by atoms with van der Waals surface area (Å²) in [6, 6.07) is 1.94. The smallest absolute Gasteiger partial charge is 0.156 e. The molecule has 0 saturated heterocycles. The Bertz CT molecular complexity index is 501. The maximum atomic E-state index is 6.06. The van der Waals surface area contributed by atoms with Crippen LogP contribution in [-0.2, 0) is 0 Å². The minimum atomic E-state index is 0.499. The fraction of sp³-hybridized carbons (Fsp3) is 0.143. The summed E-state index contributed by atoms with van der Waals surface area (Å²) < 4.78 is 2.63. The summed E-state index contributed by atoms with van der Waals surface area (Å²) in [5.74, 6) is 0. The first-order valence-electron chi connectivity index (χ1n) is 3.71. The van der Waals surface area contributed by atoms with E-state index in [1.807, 2.05) is 17.4 Å². The molecule has 1 unspecified atom stereocenters. The van der Waals surface area contributed by atoms with Crippen molar-refractivity contribution in [3.63, 3.8) is 0 Å². The number of hydrogen-bond acceptors (Lipinski definition) is 2. The number of aryl methyl sites for hydroxylation is 1. The van der Waals surface area contributed by atoms with Crippen LogP contribution in [0.4, 0.5) is 0 Å². The SMILES string of the molecule is Cc1nn(PI)c2c(Cl)nc(Br)cc12. The van der Waals surface area contributed by atoms with Gasteiger partial charge in [-0.05, 0) is 51.0 Å². The van der Waals surface area contributed by atoms with E-state index in [0.717, 1.165) is 21.2 Å². The van der Waals surface area contributed by atoms with Gasteiger partial charge in [0, 0.05) is 5.39 Å². The van der Waals surface area contributed by atoms with E-state index < -0.39 is 0 Å². The molecule has 0 bridgehead atoms. The summed E-state index contributed by atoms with van der Waals surface area (Å²) in [5, 5.41) is 5.94. The highest BCUT2D eigenvalue weighted by Crippen LogP contribution is 2.34. The molecule has 0 N–H and O–H groups in total. The molecule has 0 aromatic carbocycles. The molecule has 7 heteroatoms. The standard InChI is InChI=1S/C7H5BrClIN3P/c1-3-4-2-5(8)11-7(9)6(4)13(12-3)14-10/h2,14H,1H3. The van der Waals surface area contributed by atoms with Crippen molar-refractivity contribution in [2.45, 2.75) is 6.92 Å². The predicted octanol–water partition coefficient (Wildman–Crippen LogP) is 3.95. The van der Waals surface area contributed by atoms with Crippen molar-refractivity contribution in [2.75, 3.05) is 0 Å². The number of halogens is 3. The van der Waals surface area contributed by atoms with E-state index >= 15 is 0 Å². The zero-order valence-corrected chi connectivity index (χ0v) is 12.6. The minimum Gasteiger partial charge on any atom is -0.234 e. The fourth-order valence-corrected chi connectivity index (χ4v) is 3.67. The molecule has 0 aliphatic carbocycles. The van der Waals surface area contributed by atoms with Gasteiger partial charge in [0.2, 0.25) is 0 Å². The third kappa shape index (κ3) is 1.79. The Labute approximate surface area is 109 Å². The highest BCUT2D eigenvalue weighted by Gasteiger charge is 2.12. The number of aromatic nitrogens is 3. The van der Waals surface area contributed by atoms with E-state index in [9.17, 15) is 0 Å². The summed E-state index contributed by atoms with van der Waals surface area (Å²) in [6.45, 7) is 1.97. The Hall–Kier alpha value is 0.550. The summed E-state index contributed by atoms with van der Waals surface area (Å²) in [4.78, 5) is 4.15. The lowest BCUT2D eigenvalue weighted by atomic mass is 10.3. The van der Waals surface area contributed by atoms with Gasteiger partial charge in [-0.1, -0.05) is 11.6 Å². The average Bonchev–Trinajstić information content (AvgIpc) is 2.43. The summed E-state index contributed by atoms with van der Waals surface area (Å²) in [6.07, 6.45) is 0.534. The van der Waals surface area contributed by atoms with Crippen molar-refractivity contribution in [1.82, 2.24) is 14.5 Å². The van der Waals surface area contributed by atoms with Crippen LogP contribution in [0, 0.1) is 6.92 Å². The molecule has 2 heterocycles. The van der Waals surface area contributed by atoms with Gasteiger partial charge in [0.15, 0.2) is 5.15 Å². The second-order valence-electron chi connectivity index (χ2n) is 2.71. The first-order chi connectivity index (χ1) is 6.63. The second kappa shape index (κ2) is 4.20. The number of pyridine rings is 1. The van der Waals surface area contributed by atoms with Crippen LogP contribution < -0.4 is 0 Å². The second-order valence-corrected chi connectivity index (χ2v) is 5.92. The van der Waals surface area contributed by atoms with Crippen LogP contribution in [0.3, 0.4) is 0 Å². The van der Waals surface area contributed by atoms with Gasteiger partial charge in [0.05, 0.1) is 12.1 Å². The minimum absolute atomic E-state index is 0.499. The van der Waals surface area contributed by atoms with Gasteiger partial charge in [0.1, 0.15) is 10.1 Å². The van der Waals surface area contributed by atoms with E-state index in [1.54, 1.807) is 0 Å². The van der Waals surface area contributed by atoms with Crippen molar-refractivity contribution >= 4 is 66.8 Å². The predicted molar refractivity (Wildman–Crippen MR) is 72.7 cm³/mol. The normalized spacial score (nSPS) is 12.0. The van der Waals surface area contributed by atoms with Gasteiger partial charge in [0.25, 0.3) is 0 Å². The van der Waals surface area contributed by atoms with Gasteiger partial charge in [-0.25, -0.2) is 9.44 Å². The summed E-state index contributed by atoms with van der Waals surface area (Å²) >= 11 is 11.6. The molecular formula is C7H5BrClIN3P. The molecule has 2 rings (SSSR count). The lowest BCUT2D eigenvalue weighted by Gasteiger charge is -1.99. The molecule has 0 spiro atoms. The van der Waals surface area contributed by atoms with E-state index in [0.29, 0.717) is 11.5 Å². The first kappa shape index (κ1) is 11.0. The molecule has 0 radical (unpaired) electrons. The fourth-order valence-electron chi connectivity index (χ4n) is 1.27. The third-order valence-electron chi connectivity index (χ3n) is 1.85. The van der Waals surface area contributed by atoms with Crippen LogP contribution >= 0.6 is 55.9 Å². The highest BCUT2D eigenvalue weighted by atomic mass is 127. The zero-order chi connectivity index (χ0) is 10.3. The zero-order valence-electron chi connectivity index (χ0n) is 7.05. The van der Waals surface area contributed by atoms with Crippen molar-refractivity contribution in [3.05, 3.63) is 21.5 Å². The Balaban J connectivity index is 2.89. The van der Waals surface area contributed by atoms with Crippen molar-refractivity contribution < 1.29 is 0 Å². The molecule has 2 aromatic rings. The summed E-state index contributed by atoms with van der Waals surface area (Å²) in [7, 11) is 0. The first-order valence-corrected chi connectivity index (χ1v) is 8.94. The lowest BCUT2D eigenvalue weighted by Crippen LogP contribution is -1.86.